The third kappa shape index (κ3) is 1.88. The van der Waals surface area contributed by atoms with Gasteiger partial charge in [0.2, 0.25) is 0 Å². The van der Waals surface area contributed by atoms with Crippen molar-refractivity contribution in [3.05, 3.63) is 42.5 Å². The number of para-hydroxylation sites is 1. The van der Waals surface area contributed by atoms with Gasteiger partial charge >= 0.3 is 0 Å². The molecule has 1 heterocycles. The predicted molar refractivity (Wildman–Crippen MR) is 55.4 cm³/mol. The number of aliphatic hydroxyl groups is 1. The molecule has 0 aliphatic rings. The first-order chi connectivity index (χ1) is 7.33. The van der Waals surface area contributed by atoms with Crippen molar-refractivity contribution in [2.45, 2.75) is 6.10 Å². The van der Waals surface area contributed by atoms with Crippen molar-refractivity contribution in [3.8, 4) is 5.69 Å². The lowest BCUT2D eigenvalue weighted by molar-refractivity contribution is 0.174. The van der Waals surface area contributed by atoms with Crippen LogP contribution in [0.3, 0.4) is 0 Å². The van der Waals surface area contributed by atoms with Crippen molar-refractivity contribution in [1.82, 2.24) is 14.8 Å². The number of nitrogens with two attached hydrogens (primary N) is 1. The molecular formula is C10H12N4O. The first kappa shape index (κ1) is 9.82. The number of hydrogen-bond donors (Lipinski definition) is 2. The van der Waals surface area contributed by atoms with Crippen LogP contribution < -0.4 is 5.73 Å². The first-order valence-electron chi connectivity index (χ1n) is 4.66. The van der Waals surface area contributed by atoms with Crippen LogP contribution in [0.25, 0.3) is 5.69 Å². The minimum atomic E-state index is -0.785. The van der Waals surface area contributed by atoms with E-state index in [4.69, 9.17) is 5.73 Å². The summed E-state index contributed by atoms with van der Waals surface area (Å²) in [6.45, 7) is 0.130. The summed E-state index contributed by atoms with van der Waals surface area (Å²) in [5, 5.41) is 17.2. The van der Waals surface area contributed by atoms with E-state index in [-0.39, 0.29) is 6.54 Å². The van der Waals surface area contributed by atoms with E-state index in [1.807, 2.05) is 30.3 Å². The van der Waals surface area contributed by atoms with E-state index in [0.29, 0.717) is 5.82 Å². The van der Waals surface area contributed by atoms with Crippen LogP contribution in [-0.4, -0.2) is 26.4 Å². The summed E-state index contributed by atoms with van der Waals surface area (Å²) in [5.41, 5.74) is 6.29. The Balaban J connectivity index is 2.41. The van der Waals surface area contributed by atoms with Gasteiger partial charge in [0.1, 0.15) is 12.4 Å². The highest BCUT2D eigenvalue weighted by Gasteiger charge is 2.13. The minimum Gasteiger partial charge on any atom is -0.384 e. The summed E-state index contributed by atoms with van der Waals surface area (Å²) in [6, 6.07) is 9.57. The fourth-order valence-electron chi connectivity index (χ4n) is 1.36. The number of aliphatic hydroxyl groups excluding tert-OH is 1. The molecule has 2 rings (SSSR count). The van der Waals surface area contributed by atoms with E-state index in [1.54, 1.807) is 10.9 Å². The van der Waals surface area contributed by atoms with Crippen LogP contribution in [0.2, 0.25) is 0 Å². The lowest BCUT2D eigenvalue weighted by Gasteiger charge is -2.09. The van der Waals surface area contributed by atoms with Crippen molar-refractivity contribution in [2.75, 3.05) is 6.54 Å². The Labute approximate surface area is 87.2 Å². The molecule has 15 heavy (non-hydrogen) atoms. The van der Waals surface area contributed by atoms with E-state index in [1.165, 1.54) is 0 Å². The second-order valence-electron chi connectivity index (χ2n) is 3.15. The number of hydrogen-bond acceptors (Lipinski definition) is 4. The highest BCUT2D eigenvalue weighted by molar-refractivity contribution is 5.32. The predicted octanol–water partition coefficient (Wildman–Crippen LogP) is 0.259. The van der Waals surface area contributed by atoms with Crippen LogP contribution in [0, 0.1) is 0 Å². The number of benzene rings is 1. The van der Waals surface area contributed by atoms with Crippen LogP contribution in [-0.2, 0) is 0 Å². The van der Waals surface area contributed by atoms with Gasteiger partial charge in [0.15, 0.2) is 5.82 Å². The van der Waals surface area contributed by atoms with Gasteiger partial charge in [-0.05, 0) is 12.1 Å². The lowest BCUT2D eigenvalue weighted by atomic mass is 10.3. The Kier molecular flexibility index (Phi) is 2.75. The Morgan fingerprint density at radius 2 is 2.07 bits per heavy atom. The van der Waals surface area contributed by atoms with Gasteiger partial charge in [-0.2, -0.15) is 0 Å². The third-order valence-electron chi connectivity index (χ3n) is 2.13. The molecule has 5 nitrogen and oxygen atoms in total. The van der Waals surface area contributed by atoms with Crippen molar-refractivity contribution < 1.29 is 5.11 Å². The van der Waals surface area contributed by atoms with Gasteiger partial charge in [0, 0.05) is 12.2 Å². The quantitative estimate of drug-likeness (QED) is 0.751. The molecule has 0 radical (unpaired) electrons. The van der Waals surface area contributed by atoms with Crippen LogP contribution in [0.4, 0.5) is 0 Å². The molecule has 0 aliphatic heterocycles. The van der Waals surface area contributed by atoms with Crippen LogP contribution in [0.15, 0.2) is 36.7 Å². The molecule has 0 bridgehead atoms. The fourth-order valence-corrected chi connectivity index (χ4v) is 1.36. The maximum atomic E-state index is 9.61. The summed E-state index contributed by atoms with van der Waals surface area (Å²) in [5.74, 6) is 0.462. The number of aromatic nitrogens is 3. The molecule has 3 N–H and O–H groups in total. The monoisotopic (exact) mass is 204 g/mol. The molecule has 2 aromatic rings. The molecule has 1 aromatic heterocycles. The molecule has 0 saturated carbocycles. The van der Waals surface area contributed by atoms with E-state index in [2.05, 4.69) is 10.2 Å². The van der Waals surface area contributed by atoms with Gasteiger partial charge < -0.3 is 10.8 Å². The van der Waals surface area contributed by atoms with Gasteiger partial charge in [-0.3, -0.25) is 4.57 Å². The maximum Gasteiger partial charge on any atom is 0.167 e. The van der Waals surface area contributed by atoms with Crippen molar-refractivity contribution >= 4 is 0 Å². The standard InChI is InChI=1S/C10H12N4O/c11-6-9(15)10-13-12-7-14(10)8-4-2-1-3-5-8/h1-5,7,9,15H,6,11H2. The van der Waals surface area contributed by atoms with E-state index >= 15 is 0 Å². The minimum absolute atomic E-state index is 0.130. The Hall–Kier alpha value is -1.72. The highest BCUT2D eigenvalue weighted by atomic mass is 16.3. The number of rotatable bonds is 3. The van der Waals surface area contributed by atoms with E-state index in [0.717, 1.165) is 5.69 Å². The Bertz CT molecular complexity index is 426. The Morgan fingerprint density at radius 1 is 1.33 bits per heavy atom. The zero-order chi connectivity index (χ0) is 10.7. The maximum absolute atomic E-state index is 9.61. The molecule has 0 saturated heterocycles. The molecule has 0 aliphatic carbocycles. The van der Waals surface area contributed by atoms with Gasteiger partial charge in [-0.15, -0.1) is 10.2 Å². The third-order valence-corrected chi connectivity index (χ3v) is 2.13. The molecule has 0 fully saturated rings. The summed E-state index contributed by atoms with van der Waals surface area (Å²) in [4.78, 5) is 0. The summed E-state index contributed by atoms with van der Waals surface area (Å²) in [7, 11) is 0. The van der Waals surface area contributed by atoms with Gasteiger partial charge in [0.25, 0.3) is 0 Å². The zero-order valence-corrected chi connectivity index (χ0v) is 8.11. The highest BCUT2D eigenvalue weighted by Crippen LogP contribution is 2.13. The molecule has 1 aromatic carbocycles. The average Bonchev–Trinajstić information content (AvgIpc) is 2.78. The largest absolute Gasteiger partial charge is 0.384 e. The lowest BCUT2D eigenvalue weighted by Crippen LogP contribution is -2.16. The van der Waals surface area contributed by atoms with Crippen LogP contribution >= 0.6 is 0 Å². The van der Waals surface area contributed by atoms with Gasteiger partial charge in [-0.1, -0.05) is 18.2 Å². The molecular weight excluding hydrogens is 192 g/mol. The zero-order valence-electron chi connectivity index (χ0n) is 8.11. The van der Waals surface area contributed by atoms with E-state index in [9.17, 15) is 5.11 Å². The molecule has 5 heteroatoms. The second-order valence-corrected chi connectivity index (χ2v) is 3.15. The average molecular weight is 204 g/mol. The fraction of sp³-hybridized carbons (Fsp3) is 0.200. The first-order valence-corrected chi connectivity index (χ1v) is 4.66. The van der Waals surface area contributed by atoms with Crippen LogP contribution in [0.1, 0.15) is 11.9 Å². The SMILES string of the molecule is NCC(O)c1nncn1-c1ccccc1. The second kappa shape index (κ2) is 4.20. The smallest absolute Gasteiger partial charge is 0.167 e. The summed E-state index contributed by atoms with van der Waals surface area (Å²) in [6.07, 6.45) is 0.775. The molecule has 1 atom stereocenters. The molecule has 0 spiro atoms. The Morgan fingerprint density at radius 3 is 2.73 bits per heavy atom. The molecule has 1 unspecified atom stereocenters. The summed E-state index contributed by atoms with van der Waals surface area (Å²) >= 11 is 0. The normalized spacial score (nSPS) is 12.7. The summed E-state index contributed by atoms with van der Waals surface area (Å²) < 4.78 is 1.72. The molecule has 78 valence electrons. The van der Waals surface area contributed by atoms with Gasteiger partial charge in [-0.25, -0.2) is 0 Å². The van der Waals surface area contributed by atoms with Crippen molar-refractivity contribution in [3.63, 3.8) is 0 Å². The van der Waals surface area contributed by atoms with Crippen molar-refractivity contribution in [1.29, 1.82) is 0 Å². The van der Waals surface area contributed by atoms with Gasteiger partial charge in [0.05, 0.1) is 0 Å². The van der Waals surface area contributed by atoms with Crippen LogP contribution in [0.5, 0.6) is 0 Å². The number of nitrogens with zero attached hydrogens (tertiary/aromatic N) is 3. The molecule has 0 amide bonds. The van der Waals surface area contributed by atoms with Crippen molar-refractivity contribution in [2.24, 2.45) is 5.73 Å². The van der Waals surface area contributed by atoms with E-state index < -0.39 is 6.10 Å². The topological polar surface area (TPSA) is 77.0 Å².